The lowest BCUT2D eigenvalue weighted by molar-refractivity contribution is -0.135. The molecular weight excluding hydrogens is 380 g/mol. The minimum Gasteiger partial charge on any atom is -0.493 e. The predicted molar refractivity (Wildman–Crippen MR) is 104 cm³/mol. The van der Waals surface area contributed by atoms with Crippen molar-refractivity contribution in [3.63, 3.8) is 0 Å². The molecule has 2 aromatic heterocycles. The lowest BCUT2D eigenvalue weighted by atomic mass is 10.2. The van der Waals surface area contributed by atoms with Crippen LogP contribution in [0.15, 0.2) is 42.7 Å². The van der Waals surface area contributed by atoms with Crippen LogP contribution in [-0.4, -0.2) is 47.8 Å². The summed E-state index contributed by atoms with van der Waals surface area (Å²) in [5.74, 6) is 1.18. The Kier molecular flexibility index (Phi) is 5.93. The van der Waals surface area contributed by atoms with Gasteiger partial charge in [-0.15, -0.1) is 0 Å². The third kappa shape index (κ3) is 4.80. The van der Waals surface area contributed by atoms with Gasteiger partial charge in [0, 0.05) is 17.6 Å². The average molecular weight is 398 g/mol. The number of amides is 2. The third-order valence-corrected chi connectivity index (χ3v) is 3.81. The Balaban J connectivity index is 1.77. The molecule has 10 heteroatoms. The van der Waals surface area contributed by atoms with Gasteiger partial charge in [0.2, 0.25) is 0 Å². The standard InChI is InChI=1S/C19H18N4O6/c1-27-15-7-12-13(8-16(15)28-2)20-6-5-14(12)29-11-3-4-17(21-9-11)23-19(26)22-10-18(24)25/h3-9H,10H2,1-2H3,(H,24,25)(H2,21,22,23,26). The molecule has 29 heavy (non-hydrogen) atoms. The van der Waals surface area contributed by atoms with Crippen molar-refractivity contribution in [2.75, 3.05) is 26.1 Å². The molecule has 3 aromatic rings. The van der Waals surface area contributed by atoms with Gasteiger partial charge in [0.05, 0.1) is 25.9 Å². The van der Waals surface area contributed by atoms with Crippen LogP contribution in [-0.2, 0) is 4.79 Å². The molecule has 150 valence electrons. The smallest absolute Gasteiger partial charge is 0.323 e. The lowest BCUT2D eigenvalue weighted by Crippen LogP contribution is -2.33. The van der Waals surface area contributed by atoms with Crippen LogP contribution in [0, 0.1) is 0 Å². The van der Waals surface area contributed by atoms with Gasteiger partial charge in [0.25, 0.3) is 0 Å². The van der Waals surface area contributed by atoms with Gasteiger partial charge in [0.1, 0.15) is 23.9 Å². The predicted octanol–water partition coefficient (Wildman–Crippen LogP) is 2.65. The number of hydrogen-bond acceptors (Lipinski definition) is 7. The van der Waals surface area contributed by atoms with Crippen LogP contribution >= 0.6 is 0 Å². The number of ether oxygens (including phenoxy) is 3. The van der Waals surface area contributed by atoms with E-state index in [1.165, 1.54) is 12.3 Å². The monoisotopic (exact) mass is 398 g/mol. The van der Waals surface area contributed by atoms with Gasteiger partial charge in [-0.05, 0) is 24.3 Å². The number of rotatable bonds is 7. The molecule has 3 N–H and O–H groups in total. The number of fused-ring (bicyclic) bond motifs is 1. The summed E-state index contributed by atoms with van der Waals surface area (Å²) in [6.45, 7) is -0.490. The number of urea groups is 1. The van der Waals surface area contributed by atoms with Crippen molar-refractivity contribution < 1.29 is 28.9 Å². The molecule has 0 atom stereocenters. The molecule has 2 heterocycles. The van der Waals surface area contributed by atoms with E-state index in [2.05, 4.69) is 20.6 Å². The number of aromatic nitrogens is 2. The van der Waals surface area contributed by atoms with Crippen LogP contribution < -0.4 is 24.8 Å². The number of carbonyl (C=O) groups excluding carboxylic acids is 1. The maximum atomic E-state index is 11.6. The molecule has 1 aromatic carbocycles. The number of benzene rings is 1. The first-order valence-corrected chi connectivity index (χ1v) is 8.41. The molecule has 0 aliphatic heterocycles. The zero-order valence-electron chi connectivity index (χ0n) is 15.6. The first kappa shape index (κ1) is 19.7. The largest absolute Gasteiger partial charge is 0.493 e. The Morgan fingerprint density at radius 3 is 2.45 bits per heavy atom. The molecule has 0 aliphatic rings. The first-order valence-electron chi connectivity index (χ1n) is 8.41. The first-order chi connectivity index (χ1) is 14.0. The lowest BCUT2D eigenvalue weighted by Gasteiger charge is -2.12. The second-order valence-corrected chi connectivity index (χ2v) is 5.72. The Bertz CT molecular complexity index is 1040. The number of pyridine rings is 2. The molecule has 0 spiro atoms. The van der Waals surface area contributed by atoms with Crippen LogP contribution in [0.1, 0.15) is 0 Å². The van der Waals surface area contributed by atoms with Gasteiger partial charge in [-0.1, -0.05) is 0 Å². The highest BCUT2D eigenvalue weighted by Gasteiger charge is 2.12. The zero-order valence-corrected chi connectivity index (χ0v) is 15.6. The molecule has 0 saturated carbocycles. The molecule has 2 amide bonds. The summed E-state index contributed by atoms with van der Waals surface area (Å²) >= 11 is 0. The molecule has 3 rings (SSSR count). The maximum absolute atomic E-state index is 11.6. The van der Waals surface area contributed by atoms with E-state index in [-0.39, 0.29) is 5.82 Å². The number of aliphatic carboxylic acids is 1. The van der Waals surface area contributed by atoms with Gasteiger partial charge < -0.3 is 24.6 Å². The van der Waals surface area contributed by atoms with E-state index in [0.29, 0.717) is 28.5 Å². The molecule has 0 fully saturated rings. The topological polar surface area (TPSA) is 132 Å². The number of carboxylic acid groups (broad SMARTS) is 1. The number of carbonyl (C=O) groups is 2. The van der Waals surface area contributed by atoms with Crippen molar-refractivity contribution in [1.29, 1.82) is 0 Å². The third-order valence-electron chi connectivity index (χ3n) is 3.81. The molecular formula is C19H18N4O6. The normalized spacial score (nSPS) is 10.3. The second kappa shape index (κ2) is 8.74. The number of nitrogens with zero attached hydrogens (tertiary/aromatic N) is 2. The summed E-state index contributed by atoms with van der Waals surface area (Å²) < 4.78 is 16.5. The van der Waals surface area contributed by atoms with Crippen molar-refractivity contribution in [2.24, 2.45) is 0 Å². The van der Waals surface area contributed by atoms with Crippen LogP contribution in [0.4, 0.5) is 10.6 Å². The fraction of sp³-hybridized carbons (Fsp3) is 0.158. The summed E-state index contributed by atoms with van der Waals surface area (Å²) in [7, 11) is 3.09. The van der Waals surface area contributed by atoms with Gasteiger partial charge in [-0.25, -0.2) is 9.78 Å². The number of hydrogen-bond donors (Lipinski definition) is 3. The summed E-state index contributed by atoms with van der Waals surface area (Å²) in [5, 5.41) is 13.9. The van der Waals surface area contributed by atoms with Crippen molar-refractivity contribution in [2.45, 2.75) is 0 Å². The van der Waals surface area contributed by atoms with Crippen molar-refractivity contribution in [1.82, 2.24) is 15.3 Å². The van der Waals surface area contributed by atoms with E-state index in [9.17, 15) is 9.59 Å². The fourth-order valence-electron chi connectivity index (χ4n) is 2.49. The van der Waals surface area contributed by atoms with E-state index < -0.39 is 18.5 Å². The molecule has 0 saturated heterocycles. The molecule has 0 radical (unpaired) electrons. The number of anilines is 1. The fourth-order valence-corrected chi connectivity index (χ4v) is 2.49. The zero-order chi connectivity index (χ0) is 20.8. The number of methoxy groups -OCH3 is 2. The van der Waals surface area contributed by atoms with Crippen molar-refractivity contribution in [3.8, 4) is 23.0 Å². The van der Waals surface area contributed by atoms with Crippen LogP contribution in [0.3, 0.4) is 0 Å². The molecule has 10 nitrogen and oxygen atoms in total. The van der Waals surface area contributed by atoms with Gasteiger partial charge >= 0.3 is 12.0 Å². The summed E-state index contributed by atoms with van der Waals surface area (Å²) in [4.78, 5) is 30.4. The highest BCUT2D eigenvalue weighted by atomic mass is 16.5. The van der Waals surface area contributed by atoms with E-state index in [4.69, 9.17) is 19.3 Å². The Labute approximate surface area is 165 Å². The van der Waals surface area contributed by atoms with E-state index in [0.717, 1.165) is 5.39 Å². The minimum atomic E-state index is -1.14. The summed E-state index contributed by atoms with van der Waals surface area (Å²) in [5.41, 5.74) is 0.668. The minimum absolute atomic E-state index is 0.242. The summed E-state index contributed by atoms with van der Waals surface area (Å²) in [6, 6.07) is 7.71. The Morgan fingerprint density at radius 1 is 1.03 bits per heavy atom. The van der Waals surface area contributed by atoms with Gasteiger partial charge in [-0.2, -0.15) is 0 Å². The highest BCUT2D eigenvalue weighted by molar-refractivity contribution is 5.90. The quantitative estimate of drug-likeness (QED) is 0.553. The van der Waals surface area contributed by atoms with E-state index >= 15 is 0 Å². The van der Waals surface area contributed by atoms with Crippen LogP contribution in [0.2, 0.25) is 0 Å². The van der Waals surface area contributed by atoms with Crippen molar-refractivity contribution >= 4 is 28.7 Å². The molecule has 0 unspecified atom stereocenters. The van der Waals surface area contributed by atoms with Crippen LogP contribution in [0.25, 0.3) is 10.9 Å². The number of nitrogens with one attached hydrogen (secondary N) is 2. The summed E-state index contributed by atoms with van der Waals surface area (Å²) in [6.07, 6.45) is 3.04. The van der Waals surface area contributed by atoms with Gasteiger partial charge in [-0.3, -0.25) is 15.1 Å². The SMILES string of the molecule is COc1cc2nccc(Oc3ccc(NC(=O)NCC(=O)O)nc3)c2cc1OC. The van der Waals surface area contributed by atoms with Gasteiger partial charge in [0.15, 0.2) is 11.5 Å². The van der Waals surface area contributed by atoms with Crippen LogP contribution in [0.5, 0.6) is 23.0 Å². The Hall–Kier alpha value is -4.08. The average Bonchev–Trinajstić information content (AvgIpc) is 2.73. The maximum Gasteiger partial charge on any atom is 0.323 e. The van der Waals surface area contributed by atoms with E-state index in [1.807, 2.05) is 0 Å². The highest BCUT2D eigenvalue weighted by Crippen LogP contribution is 2.36. The van der Waals surface area contributed by atoms with Crippen molar-refractivity contribution in [3.05, 3.63) is 42.7 Å². The van der Waals surface area contributed by atoms with E-state index in [1.54, 1.807) is 44.7 Å². The molecule has 0 aliphatic carbocycles. The number of carboxylic acids is 1. The molecule has 0 bridgehead atoms. The second-order valence-electron chi connectivity index (χ2n) is 5.72. The Morgan fingerprint density at radius 2 is 1.79 bits per heavy atom.